The molecule has 2 aliphatic heterocycles. The Morgan fingerprint density at radius 1 is 1.33 bits per heavy atom. The van der Waals surface area contributed by atoms with Crippen molar-refractivity contribution in [2.24, 2.45) is 5.92 Å². The van der Waals surface area contributed by atoms with Crippen molar-refractivity contribution < 1.29 is 19.3 Å². The van der Waals surface area contributed by atoms with Crippen molar-refractivity contribution >= 4 is 0 Å². The van der Waals surface area contributed by atoms with Gasteiger partial charge in [-0.1, -0.05) is 13.0 Å². The van der Waals surface area contributed by atoms with Gasteiger partial charge in [0.25, 0.3) is 0 Å². The largest absolute Gasteiger partial charge is 0.454 e. The lowest BCUT2D eigenvalue weighted by molar-refractivity contribution is 0.0858. The van der Waals surface area contributed by atoms with Gasteiger partial charge in [-0.2, -0.15) is 0 Å². The summed E-state index contributed by atoms with van der Waals surface area (Å²) in [4.78, 5) is 0. The molecule has 0 aromatic heterocycles. The Kier molecular flexibility index (Phi) is 4.63. The highest BCUT2D eigenvalue weighted by Gasteiger charge is 2.26. The number of rotatable bonds is 6. The Morgan fingerprint density at radius 3 is 3.05 bits per heavy atom. The molecule has 21 heavy (non-hydrogen) atoms. The topological polar surface area (TPSA) is 60.0 Å². The number of hydrogen-bond acceptors (Lipinski definition) is 5. The number of nitrogens with one attached hydrogen (secondary N) is 1. The van der Waals surface area contributed by atoms with Crippen LogP contribution < -0.4 is 14.8 Å². The van der Waals surface area contributed by atoms with Gasteiger partial charge < -0.3 is 24.6 Å². The maximum absolute atomic E-state index is 10.3. The fraction of sp³-hybridized carbons (Fsp3) is 0.625. The Balaban J connectivity index is 1.49. The minimum absolute atomic E-state index is 0.257. The van der Waals surface area contributed by atoms with E-state index in [1.165, 1.54) is 0 Å². The van der Waals surface area contributed by atoms with Crippen LogP contribution in [0.5, 0.6) is 11.5 Å². The van der Waals surface area contributed by atoms with Gasteiger partial charge in [-0.05, 0) is 36.5 Å². The summed E-state index contributed by atoms with van der Waals surface area (Å²) in [5, 5.41) is 13.6. The van der Waals surface area contributed by atoms with Crippen LogP contribution in [-0.4, -0.2) is 37.7 Å². The molecule has 3 atom stereocenters. The quantitative estimate of drug-likeness (QED) is 0.838. The second kappa shape index (κ2) is 6.64. The van der Waals surface area contributed by atoms with E-state index in [-0.39, 0.29) is 6.79 Å². The predicted octanol–water partition coefficient (Wildman–Crippen LogP) is 1.85. The molecule has 1 saturated heterocycles. The number of fused-ring (bicyclic) bond motifs is 1. The lowest BCUT2D eigenvalue weighted by Gasteiger charge is -2.19. The number of aliphatic hydroxyl groups is 1. The first-order valence-electron chi connectivity index (χ1n) is 7.68. The zero-order valence-corrected chi connectivity index (χ0v) is 12.4. The molecule has 2 N–H and O–H groups in total. The van der Waals surface area contributed by atoms with Crippen molar-refractivity contribution in [3.05, 3.63) is 23.8 Å². The van der Waals surface area contributed by atoms with Crippen LogP contribution in [0.25, 0.3) is 0 Å². The molecule has 3 unspecified atom stereocenters. The summed E-state index contributed by atoms with van der Waals surface area (Å²) in [7, 11) is 0. The summed E-state index contributed by atoms with van der Waals surface area (Å²) in [6, 6.07) is 5.58. The fourth-order valence-corrected chi connectivity index (χ4v) is 3.02. The van der Waals surface area contributed by atoms with Gasteiger partial charge in [-0.3, -0.25) is 0 Å². The Labute approximate surface area is 125 Å². The van der Waals surface area contributed by atoms with Gasteiger partial charge in [-0.15, -0.1) is 0 Å². The van der Waals surface area contributed by atoms with Crippen LogP contribution in [0.1, 0.15) is 31.4 Å². The van der Waals surface area contributed by atoms with E-state index < -0.39 is 6.10 Å². The lowest BCUT2D eigenvalue weighted by atomic mass is 9.99. The molecule has 2 aliphatic rings. The Bertz CT molecular complexity index is 479. The van der Waals surface area contributed by atoms with Gasteiger partial charge in [0.05, 0.1) is 12.2 Å². The molecular formula is C16H23NO4. The molecule has 0 bridgehead atoms. The predicted molar refractivity (Wildman–Crippen MR) is 78.5 cm³/mol. The Hall–Kier alpha value is -1.30. The standard InChI is InChI=1S/C16H23NO4/c1-2-14-12(5-6-19-14)8-17-9-13(18)11-3-4-15-16(7-11)21-10-20-15/h3-4,7,12-14,17-18H,2,5-6,8-10H2,1H3. The van der Waals surface area contributed by atoms with Crippen LogP contribution in [0.15, 0.2) is 18.2 Å². The van der Waals surface area contributed by atoms with Gasteiger partial charge in [0.15, 0.2) is 11.5 Å². The van der Waals surface area contributed by atoms with Gasteiger partial charge in [-0.25, -0.2) is 0 Å². The second-order valence-electron chi connectivity index (χ2n) is 5.65. The summed E-state index contributed by atoms with van der Waals surface area (Å²) >= 11 is 0. The summed E-state index contributed by atoms with van der Waals surface area (Å²) in [5.74, 6) is 2.01. The summed E-state index contributed by atoms with van der Waals surface area (Å²) in [6.07, 6.45) is 1.98. The van der Waals surface area contributed by atoms with Crippen LogP contribution in [0, 0.1) is 5.92 Å². The van der Waals surface area contributed by atoms with Crippen LogP contribution >= 0.6 is 0 Å². The molecule has 1 aromatic rings. The number of hydrogen-bond donors (Lipinski definition) is 2. The molecule has 0 amide bonds. The summed E-state index contributed by atoms with van der Waals surface area (Å²) in [6.45, 7) is 4.69. The van der Waals surface area contributed by atoms with Crippen LogP contribution in [0.2, 0.25) is 0 Å². The zero-order valence-electron chi connectivity index (χ0n) is 12.4. The van der Waals surface area contributed by atoms with Gasteiger partial charge in [0.2, 0.25) is 6.79 Å². The van der Waals surface area contributed by atoms with E-state index in [2.05, 4.69) is 12.2 Å². The highest BCUT2D eigenvalue weighted by molar-refractivity contribution is 5.45. The molecule has 0 aliphatic carbocycles. The minimum Gasteiger partial charge on any atom is -0.454 e. The van der Waals surface area contributed by atoms with Crippen molar-refractivity contribution in [1.82, 2.24) is 5.32 Å². The molecule has 0 saturated carbocycles. The van der Waals surface area contributed by atoms with E-state index in [4.69, 9.17) is 14.2 Å². The Morgan fingerprint density at radius 2 is 2.19 bits per heavy atom. The van der Waals surface area contributed by atoms with E-state index in [0.29, 0.717) is 24.3 Å². The first-order chi connectivity index (χ1) is 10.3. The molecule has 116 valence electrons. The molecule has 1 aromatic carbocycles. The zero-order chi connectivity index (χ0) is 14.7. The van der Waals surface area contributed by atoms with Gasteiger partial charge in [0, 0.05) is 19.7 Å². The molecule has 0 spiro atoms. The summed E-state index contributed by atoms with van der Waals surface area (Å²) < 4.78 is 16.3. The fourth-order valence-electron chi connectivity index (χ4n) is 3.02. The van der Waals surface area contributed by atoms with Crippen molar-refractivity contribution in [2.75, 3.05) is 26.5 Å². The third kappa shape index (κ3) is 3.31. The van der Waals surface area contributed by atoms with Crippen molar-refractivity contribution in [3.8, 4) is 11.5 Å². The minimum atomic E-state index is -0.540. The second-order valence-corrected chi connectivity index (χ2v) is 5.65. The molecule has 3 rings (SSSR count). The van der Waals surface area contributed by atoms with Crippen LogP contribution in [-0.2, 0) is 4.74 Å². The smallest absolute Gasteiger partial charge is 0.231 e. The molecular weight excluding hydrogens is 270 g/mol. The first-order valence-corrected chi connectivity index (χ1v) is 7.68. The van der Waals surface area contributed by atoms with Crippen LogP contribution in [0.4, 0.5) is 0 Å². The molecule has 5 heteroatoms. The van der Waals surface area contributed by atoms with E-state index in [1.54, 1.807) is 0 Å². The van der Waals surface area contributed by atoms with E-state index in [0.717, 1.165) is 37.3 Å². The number of benzene rings is 1. The monoisotopic (exact) mass is 293 g/mol. The molecule has 5 nitrogen and oxygen atoms in total. The summed E-state index contributed by atoms with van der Waals surface area (Å²) in [5.41, 5.74) is 0.849. The average molecular weight is 293 g/mol. The van der Waals surface area contributed by atoms with Crippen LogP contribution in [0.3, 0.4) is 0 Å². The number of aliphatic hydroxyl groups excluding tert-OH is 1. The third-order valence-electron chi connectivity index (χ3n) is 4.27. The SMILES string of the molecule is CCC1OCCC1CNCC(O)c1ccc2c(c1)OCO2. The highest BCUT2D eigenvalue weighted by atomic mass is 16.7. The lowest BCUT2D eigenvalue weighted by Crippen LogP contribution is -2.31. The maximum Gasteiger partial charge on any atom is 0.231 e. The van der Waals surface area contributed by atoms with Gasteiger partial charge in [0.1, 0.15) is 0 Å². The maximum atomic E-state index is 10.3. The molecule has 0 radical (unpaired) electrons. The third-order valence-corrected chi connectivity index (χ3v) is 4.27. The molecule has 2 heterocycles. The molecule has 1 fully saturated rings. The van der Waals surface area contributed by atoms with Crippen molar-refractivity contribution in [3.63, 3.8) is 0 Å². The van der Waals surface area contributed by atoms with Crippen molar-refractivity contribution in [2.45, 2.75) is 32.0 Å². The van der Waals surface area contributed by atoms with E-state index in [1.807, 2.05) is 18.2 Å². The number of ether oxygens (including phenoxy) is 3. The first kappa shape index (κ1) is 14.6. The normalized spacial score (nSPS) is 25.2. The highest BCUT2D eigenvalue weighted by Crippen LogP contribution is 2.34. The van der Waals surface area contributed by atoms with E-state index >= 15 is 0 Å². The van der Waals surface area contributed by atoms with Crippen molar-refractivity contribution in [1.29, 1.82) is 0 Å². The average Bonchev–Trinajstić information content (AvgIpc) is 3.14. The van der Waals surface area contributed by atoms with E-state index in [9.17, 15) is 5.11 Å². The van der Waals surface area contributed by atoms with Gasteiger partial charge >= 0.3 is 0 Å².